The van der Waals surface area contributed by atoms with E-state index in [0.29, 0.717) is 5.78 Å². The molecule has 0 amide bonds. The average molecular weight is 760 g/mol. The quantitative estimate of drug-likeness (QED) is 0.218. The zero-order valence-corrected chi connectivity index (χ0v) is 26.5. The van der Waals surface area contributed by atoms with Crippen molar-refractivity contribution in [2.75, 3.05) is 0 Å². The van der Waals surface area contributed by atoms with Crippen LogP contribution in [0.2, 0.25) is 0 Å². The third kappa shape index (κ3) is 5.14. The second kappa shape index (κ2) is 11.1. The fourth-order valence-electron chi connectivity index (χ4n) is 5.96. The number of carbonyl (C=O) groups excluding carboxylic acids is 1. The van der Waals surface area contributed by atoms with Gasteiger partial charge in [-0.1, -0.05) is 112 Å². The number of carbonyl (C=O) groups is 1. The van der Waals surface area contributed by atoms with Crippen LogP contribution in [0.4, 0.5) is 0 Å². The molecule has 7 heteroatoms. The molecule has 4 unspecified atom stereocenters. The molecule has 2 fully saturated rings. The van der Waals surface area contributed by atoms with Crippen LogP contribution in [0.1, 0.15) is 46.4 Å². The van der Waals surface area contributed by atoms with E-state index in [4.69, 9.17) is 0 Å². The van der Waals surface area contributed by atoms with Crippen LogP contribution in [0.25, 0.3) is 0 Å². The number of hydrogen-bond acceptors (Lipinski definition) is 3. The average Bonchev–Trinajstić information content (AvgIpc) is 2.91. The summed E-state index contributed by atoms with van der Waals surface area (Å²) in [5, 5.41) is 7.94. The van der Waals surface area contributed by atoms with Gasteiger partial charge in [-0.3, -0.25) is 4.79 Å². The van der Waals surface area contributed by atoms with Crippen LogP contribution in [0.15, 0.2) is 115 Å². The van der Waals surface area contributed by atoms with Gasteiger partial charge in [-0.05, 0) is 70.8 Å². The van der Waals surface area contributed by atoms with Crippen LogP contribution in [-0.2, 0) is 4.79 Å². The lowest BCUT2D eigenvalue weighted by Gasteiger charge is -2.52. The van der Waals surface area contributed by atoms with Gasteiger partial charge in [0.2, 0.25) is 0 Å². The van der Waals surface area contributed by atoms with Gasteiger partial charge in [0, 0.05) is 42.1 Å². The molecule has 2 heterocycles. The number of halogens is 4. The first-order valence-corrected chi connectivity index (χ1v) is 15.6. The standard InChI is InChI=1S/C31H24Br4N2O/c32-21-9-1-17(2-10-21)27-25-28(18-3-11-22(33)12-4-18)37-30(20-7-15-24(35)16-8-20)26(31(25)38)29(36-27)19-5-13-23(34)14-6-19/h1-16,25-30,36-37H. The minimum atomic E-state index is -0.263. The Hall–Kier alpha value is -1.61. The summed E-state index contributed by atoms with van der Waals surface area (Å²) in [6.45, 7) is 0. The van der Waals surface area contributed by atoms with Crippen LogP contribution in [-0.4, -0.2) is 5.78 Å². The van der Waals surface area contributed by atoms with Gasteiger partial charge in [0.25, 0.3) is 0 Å². The minimum Gasteiger partial charge on any atom is -0.302 e. The van der Waals surface area contributed by atoms with Crippen LogP contribution < -0.4 is 10.6 Å². The minimum absolute atomic E-state index is 0.146. The molecule has 3 nitrogen and oxygen atoms in total. The Morgan fingerprint density at radius 1 is 0.395 bits per heavy atom. The highest BCUT2D eigenvalue weighted by molar-refractivity contribution is 9.11. The van der Waals surface area contributed by atoms with Crippen molar-refractivity contribution in [1.82, 2.24) is 10.6 Å². The topological polar surface area (TPSA) is 41.1 Å². The number of rotatable bonds is 4. The maximum atomic E-state index is 14.7. The van der Waals surface area contributed by atoms with Crippen molar-refractivity contribution in [3.05, 3.63) is 137 Å². The van der Waals surface area contributed by atoms with E-state index in [0.717, 1.165) is 40.1 Å². The summed E-state index contributed by atoms with van der Waals surface area (Å²) >= 11 is 14.3. The molecule has 0 spiro atoms. The molecule has 2 aliphatic heterocycles. The molecule has 2 saturated heterocycles. The fourth-order valence-corrected chi connectivity index (χ4v) is 7.02. The highest BCUT2D eigenvalue weighted by atomic mass is 79.9. The molecule has 0 saturated carbocycles. The van der Waals surface area contributed by atoms with Crippen LogP contribution in [0.5, 0.6) is 0 Å². The number of ketones is 1. The molecular formula is C31H24Br4N2O. The van der Waals surface area contributed by atoms with Crippen molar-refractivity contribution in [2.24, 2.45) is 11.8 Å². The van der Waals surface area contributed by atoms with Crippen molar-refractivity contribution >= 4 is 69.5 Å². The lowest BCUT2D eigenvalue weighted by molar-refractivity contribution is -0.139. The highest BCUT2D eigenvalue weighted by Crippen LogP contribution is 2.52. The summed E-state index contributed by atoms with van der Waals surface area (Å²) in [5.74, 6) is -0.231. The molecule has 4 aromatic rings. The number of fused-ring (bicyclic) bond motifs is 2. The van der Waals surface area contributed by atoms with Crippen molar-refractivity contribution in [3.63, 3.8) is 0 Å². The Balaban J connectivity index is 1.51. The number of hydrogen-bond donors (Lipinski definition) is 2. The summed E-state index contributed by atoms with van der Waals surface area (Å²) in [5.41, 5.74) is 4.44. The Labute approximate surface area is 256 Å². The van der Waals surface area contributed by atoms with E-state index >= 15 is 0 Å². The molecule has 192 valence electrons. The summed E-state index contributed by atoms with van der Waals surface area (Å²) < 4.78 is 4.08. The Bertz CT molecular complexity index is 1230. The third-order valence-electron chi connectivity index (χ3n) is 7.73. The largest absolute Gasteiger partial charge is 0.302 e. The van der Waals surface area contributed by atoms with Crippen molar-refractivity contribution in [2.45, 2.75) is 24.2 Å². The number of nitrogens with one attached hydrogen (secondary N) is 2. The highest BCUT2D eigenvalue weighted by Gasteiger charge is 2.55. The first kappa shape index (κ1) is 26.6. The van der Waals surface area contributed by atoms with Crippen molar-refractivity contribution in [1.29, 1.82) is 0 Å². The molecule has 0 aromatic heterocycles. The Morgan fingerprint density at radius 3 is 0.816 bits per heavy atom. The van der Waals surface area contributed by atoms with Gasteiger partial charge in [0.1, 0.15) is 5.78 Å². The second-order valence-electron chi connectivity index (χ2n) is 9.90. The van der Waals surface area contributed by atoms with Gasteiger partial charge in [0.15, 0.2) is 0 Å². The van der Waals surface area contributed by atoms with Gasteiger partial charge in [-0.2, -0.15) is 0 Å². The monoisotopic (exact) mass is 756 g/mol. The fraction of sp³-hybridized carbons (Fsp3) is 0.194. The van der Waals surface area contributed by atoms with Crippen LogP contribution >= 0.6 is 63.7 Å². The SMILES string of the molecule is O=C1C2C(c3ccc(Br)cc3)NC(c3ccc(Br)cc3)C1C(c1ccc(Br)cc1)NC2c1ccc(Br)cc1. The summed E-state index contributed by atoms with van der Waals surface area (Å²) in [6.07, 6.45) is 0. The lowest BCUT2D eigenvalue weighted by Crippen LogP contribution is -2.60. The van der Waals surface area contributed by atoms with E-state index in [1.807, 2.05) is 0 Å². The van der Waals surface area contributed by atoms with Crippen molar-refractivity contribution in [3.8, 4) is 0 Å². The van der Waals surface area contributed by atoms with E-state index in [-0.39, 0.29) is 36.0 Å². The van der Waals surface area contributed by atoms with Crippen LogP contribution in [0, 0.1) is 11.8 Å². The molecule has 38 heavy (non-hydrogen) atoms. The summed E-state index contributed by atoms with van der Waals surface area (Å²) in [4.78, 5) is 14.7. The third-order valence-corrected chi connectivity index (χ3v) is 9.84. The predicted molar refractivity (Wildman–Crippen MR) is 166 cm³/mol. The molecular weight excluding hydrogens is 736 g/mol. The maximum absolute atomic E-state index is 14.7. The first-order chi connectivity index (χ1) is 18.4. The number of benzene rings is 4. The van der Waals surface area contributed by atoms with Gasteiger partial charge in [-0.15, -0.1) is 0 Å². The molecule has 2 aliphatic rings. The van der Waals surface area contributed by atoms with Gasteiger partial charge in [-0.25, -0.2) is 0 Å². The lowest BCUT2D eigenvalue weighted by atomic mass is 9.64. The molecule has 6 rings (SSSR count). The second-order valence-corrected chi connectivity index (χ2v) is 13.6. The molecule has 0 aliphatic carbocycles. The molecule has 4 atom stereocenters. The van der Waals surface area contributed by atoms with E-state index in [2.05, 4.69) is 171 Å². The Kier molecular flexibility index (Phi) is 7.78. The summed E-state index contributed by atoms with van der Waals surface area (Å²) in [6, 6.07) is 32.8. The van der Waals surface area contributed by atoms with E-state index < -0.39 is 0 Å². The zero-order chi connectivity index (χ0) is 26.4. The number of Topliss-reactive ketones (excluding diaryl/α,β-unsaturated/α-hetero) is 1. The predicted octanol–water partition coefficient (Wildman–Crippen LogP) is 9.01. The Morgan fingerprint density at radius 2 is 0.605 bits per heavy atom. The smallest absolute Gasteiger partial charge is 0.146 e. The molecule has 0 radical (unpaired) electrons. The summed E-state index contributed by atoms with van der Waals surface area (Å²) in [7, 11) is 0. The molecule has 2 N–H and O–H groups in total. The van der Waals surface area contributed by atoms with E-state index in [1.165, 1.54) is 0 Å². The molecule has 4 aromatic carbocycles. The van der Waals surface area contributed by atoms with E-state index in [9.17, 15) is 4.79 Å². The van der Waals surface area contributed by atoms with Gasteiger partial charge < -0.3 is 10.6 Å². The normalized spacial score (nSPS) is 26.8. The van der Waals surface area contributed by atoms with Crippen LogP contribution in [0.3, 0.4) is 0 Å². The van der Waals surface area contributed by atoms with Crippen molar-refractivity contribution < 1.29 is 4.79 Å². The van der Waals surface area contributed by atoms with E-state index in [1.54, 1.807) is 0 Å². The first-order valence-electron chi connectivity index (χ1n) is 12.5. The van der Waals surface area contributed by atoms with Gasteiger partial charge in [0.05, 0.1) is 11.8 Å². The van der Waals surface area contributed by atoms with Gasteiger partial charge >= 0.3 is 0 Å². The maximum Gasteiger partial charge on any atom is 0.146 e. The number of piperidine rings is 2. The molecule has 2 bridgehead atoms. The zero-order valence-electron chi connectivity index (χ0n) is 20.1.